The van der Waals surface area contributed by atoms with Gasteiger partial charge in [-0.3, -0.25) is 9.69 Å². The lowest BCUT2D eigenvalue weighted by atomic mass is 9.51. The number of benzene rings is 2. The van der Waals surface area contributed by atoms with Crippen molar-refractivity contribution in [2.75, 3.05) is 46.9 Å². The highest BCUT2D eigenvalue weighted by Crippen LogP contribution is 2.67. The third-order valence-electron chi connectivity index (χ3n) is 10.9. The van der Waals surface area contributed by atoms with Gasteiger partial charge in [0.25, 0.3) is 5.91 Å². The van der Waals surface area contributed by atoms with E-state index >= 15 is 0 Å². The maximum absolute atomic E-state index is 14.0. The Morgan fingerprint density at radius 2 is 1.88 bits per heavy atom. The van der Waals surface area contributed by atoms with Crippen LogP contribution in [0.1, 0.15) is 56.5 Å². The number of aromatic nitrogens is 1. The number of carbonyl (C=O) groups excluding carboxylic acids is 1. The van der Waals surface area contributed by atoms with Gasteiger partial charge < -0.3 is 24.3 Å². The molecule has 41 heavy (non-hydrogen) atoms. The van der Waals surface area contributed by atoms with Crippen molar-refractivity contribution >= 4 is 17.5 Å². The van der Waals surface area contributed by atoms with Crippen LogP contribution in [0.4, 0.5) is 0 Å². The molecule has 4 heterocycles. The van der Waals surface area contributed by atoms with Gasteiger partial charge in [0.15, 0.2) is 11.5 Å². The molecular formula is C33H37ClN4O3. The molecule has 214 valence electrons. The van der Waals surface area contributed by atoms with Crippen LogP contribution in [-0.2, 0) is 24.8 Å². The number of fused-ring (bicyclic) bond motifs is 2. The largest absolute Gasteiger partial charge is 0.493 e. The predicted molar refractivity (Wildman–Crippen MR) is 158 cm³/mol. The summed E-state index contributed by atoms with van der Waals surface area (Å²) >= 11 is 6.06. The highest BCUT2D eigenvalue weighted by Gasteiger charge is 2.65. The number of hydrogen-bond acceptors (Lipinski definition) is 5. The molecule has 3 aliphatic heterocycles. The summed E-state index contributed by atoms with van der Waals surface area (Å²) in [4.78, 5) is 24.6. The minimum atomic E-state index is -0.116. The molecule has 1 amide bonds. The fourth-order valence-corrected chi connectivity index (χ4v) is 8.89. The first-order valence-corrected chi connectivity index (χ1v) is 15.3. The van der Waals surface area contributed by atoms with Crippen LogP contribution < -0.4 is 9.47 Å². The number of rotatable bonds is 4. The molecular weight excluding hydrogens is 536 g/mol. The van der Waals surface area contributed by atoms with Gasteiger partial charge in [0.2, 0.25) is 0 Å². The topological polar surface area (TPSA) is 61.0 Å². The highest BCUT2D eigenvalue weighted by molar-refractivity contribution is 6.30. The van der Waals surface area contributed by atoms with Gasteiger partial charge in [-0.25, -0.2) is 0 Å². The lowest BCUT2D eigenvalue weighted by Crippen LogP contribution is -2.62. The van der Waals surface area contributed by atoms with Crippen molar-refractivity contribution in [2.24, 2.45) is 5.92 Å². The van der Waals surface area contributed by atoms with Crippen LogP contribution in [0, 0.1) is 12.8 Å². The molecule has 1 spiro atoms. The molecule has 0 saturated carbocycles. The van der Waals surface area contributed by atoms with Gasteiger partial charge >= 0.3 is 0 Å². The number of H-pyrrole nitrogens is 1. The van der Waals surface area contributed by atoms with Crippen molar-refractivity contribution in [3.63, 3.8) is 0 Å². The number of amides is 1. The smallest absolute Gasteiger partial charge is 0.270 e. The maximum Gasteiger partial charge on any atom is 0.270 e. The SMILES string of the molecule is COc1ccc2c3c1O[C@H]1c4[nH]c(C(=O)N5CCN(Cc6ccc(Cl)cc6)CC5)c(C)c4CC4[C@H](C2)N(C)CC[C@@]341. The second-order valence-electron chi connectivity index (χ2n) is 12.7. The Labute approximate surface area is 246 Å². The van der Waals surface area contributed by atoms with Crippen molar-refractivity contribution in [1.29, 1.82) is 0 Å². The Bertz CT molecular complexity index is 1540. The van der Waals surface area contributed by atoms with E-state index in [-0.39, 0.29) is 17.4 Å². The molecule has 1 N–H and O–H groups in total. The van der Waals surface area contributed by atoms with Crippen LogP contribution in [0.5, 0.6) is 11.5 Å². The Balaban J connectivity index is 1.09. The molecule has 1 unspecified atom stereocenters. The molecule has 2 aliphatic carbocycles. The molecule has 1 aromatic heterocycles. The Morgan fingerprint density at radius 1 is 1.10 bits per heavy atom. The van der Waals surface area contributed by atoms with E-state index in [2.05, 4.69) is 53.0 Å². The van der Waals surface area contributed by atoms with Gasteiger partial charge in [-0.05, 0) is 86.1 Å². The molecule has 8 heteroatoms. The predicted octanol–water partition coefficient (Wildman–Crippen LogP) is 4.75. The standard InChI is InChI=1S/C33H37ClN4O3/c1-19-23-17-24-25-16-21-6-9-26(40-3)30-27(21)33(24,10-11-36(25)2)31(41-30)29(23)35-28(19)32(39)38-14-12-37(13-15-38)18-20-4-7-22(34)8-5-20/h4-9,24-25,31,35H,10-18H2,1-3H3/t24?,25-,31-,33-/m0/s1. The summed E-state index contributed by atoms with van der Waals surface area (Å²) in [6.07, 6.45) is 2.95. The minimum Gasteiger partial charge on any atom is -0.493 e. The van der Waals surface area contributed by atoms with Crippen LogP contribution in [0.25, 0.3) is 0 Å². The Morgan fingerprint density at radius 3 is 2.63 bits per heavy atom. The number of likely N-dealkylation sites (tertiary alicyclic amines) is 1. The second kappa shape index (κ2) is 9.25. The van der Waals surface area contributed by atoms with E-state index in [4.69, 9.17) is 21.1 Å². The van der Waals surface area contributed by atoms with Crippen LogP contribution in [0.2, 0.25) is 5.02 Å². The first-order valence-electron chi connectivity index (χ1n) is 14.9. The molecule has 2 aromatic carbocycles. The number of nitrogens with one attached hydrogen (secondary N) is 1. The van der Waals surface area contributed by atoms with Crippen LogP contribution in [0.3, 0.4) is 0 Å². The number of hydrogen-bond donors (Lipinski definition) is 1. The quantitative estimate of drug-likeness (QED) is 0.489. The maximum atomic E-state index is 14.0. The van der Waals surface area contributed by atoms with E-state index in [1.165, 1.54) is 22.3 Å². The zero-order valence-electron chi connectivity index (χ0n) is 24.0. The van der Waals surface area contributed by atoms with E-state index < -0.39 is 0 Å². The van der Waals surface area contributed by atoms with Crippen molar-refractivity contribution in [2.45, 2.75) is 50.3 Å². The van der Waals surface area contributed by atoms with E-state index in [0.29, 0.717) is 12.0 Å². The lowest BCUT2D eigenvalue weighted by Gasteiger charge is -2.57. The van der Waals surface area contributed by atoms with Crippen LogP contribution in [0.15, 0.2) is 36.4 Å². The molecule has 3 aromatic rings. The third-order valence-corrected chi connectivity index (χ3v) is 11.1. The molecule has 2 fully saturated rings. The number of halogens is 1. The van der Waals surface area contributed by atoms with Crippen LogP contribution in [-0.4, -0.2) is 78.5 Å². The first kappa shape index (κ1) is 25.7. The van der Waals surface area contributed by atoms with Gasteiger partial charge in [-0.2, -0.15) is 0 Å². The fourth-order valence-electron chi connectivity index (χ4n) is 8.77. The molecule has 4 atom stereocenters. The third kappa shape index (κ3) is 3.61. The minimum absolute atomic E-state index is 0.0768. The average molecular weight is 573 g/mol. The van der Waals surface area contributed by atoms with E-state index in [9.17, 15) is 4.79 Å². The number of piperazine rings is 1. The number of piperidine rings is 1. The Hall–Kier alpha value is -3.00. The zero-order chi connectivity index (χ0) is 28.0. The normalized spacial score (nSPS) is 28.2. The molecule has 0 radical (unpaired) electrons. The highest BCUT2D eigenvalue weighted by atomic mass is 35.5. The van der Waals surface area contributed by atoms with Gasteiger partial charge in [0.1, 0.15) is 11.8 Å². The number of carbonyl (C=O) groups is 1. The van der Waals surface area contributed by atoms with Gasteiger partial charge in [0.05, 0.1) is 12.8 Å². The molecule has 7 nitrogen and oxygen atoms in total. The van der Waals surface area contributed by atoms with Crippen LogP contribution >= 0.6 is 11.6 Å². The van der Waals surface area contributed by atoms with E-state index in [1.807, 2.05) is 17.0 Å². The molecule has 8 rings (SSSR count). The zero-order valence-corrected chi connectivity index (χ0v) is 24.8. The number of ether oxygens (including phenoxy) is 2. The molecule has 2 bridgehead atoms. The number of methoxy groups -OCH3 is 1. The van der Waals surface area contributed by atoms with Gasteiger partial charge in [-0.15, -0.1) is 0 Å². The summed E-state index contributed by atoms with van der Waals surface area (Å²) in [6.45, 7) is 7.22. The number of nitrogens with zero attached hydrogens (tertiary/aromatic N) is 3. The fraction of sp³-hybridized carbons (Fsp3) is 0.485. The summed E-state index contributed by atoms with van der Waals surface area (Å²) in [5.74, 6) is 2.31. The van der Waals surface area contributed by atoms with Crippen molar-refractivity contribution in [1.82, 2.24) is 19.7 Å². The first-order chi connectivity index (χ1) is 19.9. The van der Waals surface area contributed by atoms with Gasteiger partial charge in [-0.1, -0.05) is 29.8 Å². The second-order valence-corrected chi connectivity index (χ2v) is 13.1. The van der Waals surface area contributed by atoms with E-state index in [1.54, 1.807) is 7.11 Å². The number of likely N-dealkylation sites (N-methyl/N-ethyl adjacent to an activating group) is 1. The molecule has 5 aliphatic rings. The average Bonchev–Trinajstić information content (AvgIpc) is 3.50. The summed E-state index contributed by atoms with van der Waals surface area (Å²) in [5, 5.41) is 0.758. The van der Waals surface area contributed by atoms with E-state index in [0.717, 1.165) is 92.0 Å². The Kier molecular flexibility index (Phi) is 5.80. The monoisotopic (exact) mass is 572 g/mol. The summed E-state index contributed by atoms with van der Waals surface area (Å²) in [5.41, 5.74) is 8.18. The summed E-state index contributed by atoms with van der Waals surface area (Å²) in [6, 6.07) is 12.8. The van der Waals surface area contributed by atoms with Gasteiger partial charge in [0, 0.05) is 54.8 Å². The number of aromatic amines is 1. The lowest BCUT2D eigenvalue weighted by molar-refractivity contribution is -0.0256. The summed E-state index contributed by atoms with van der Waals surface area (Å²) in [7, 11) is 4.01. The van der Waals surface area contributed by atoms with Crippen molar-refractivity contribution in [3.05, 3.63) is 80.6 Å². The summed E-state index contributed by atoms with van der Waals surface area (Å²) < 4.78 is 12.7. The molecule has 2 saturated heterocycles. The van der Waals surface area contributed by atoms with Crippen molar-refractivity contribution in [3.8, 4) is 11.5 Å². The van der Waals surface area contributed by atoms with Crippen molar-refractivity contribution < 1.29 is 14.3 Å².